The number of nitrogens with zero attached hydrogens (tertiary/aromatic N) is 2. The Morgan fingerprint density at radius 1 is 0.962 bits per heavy atom. The van der Waals surface area contributed by atoms with Crippen molar-refractivity contribution in [1.82, 2.24) is 9.13 Å². The molecule has 0 aliphatic heterocycles. The molecule has 26 heavy (non-hydrogen) atoms. The fraction of sp³-hybridized carbons (Fsp3) is 0.333. The van der Waals surface area contributed by atoms with E-state index in [-0.39, 0.29) is 17.3 Å². The van der Waals surface area contributed by atoms with Crippen LogP contribution in [0.25, 0.3) is 10.9 Å². The van der Waals surface area contributed by atoms with Crippen molar-refractivity contribution in [3.63, 3.8) is 0 Å². The van der Waals surface area contributed by atoms with Crippen LogP contribution in [0.3, 0.4) is 0 Å². The molecule has 3 aromatic rings. The second-order valence-corrected chi connectivity index (χ2v) is 7.90. The molecule has 1 saturated carbocycles. The van der Waals surface area contributed by atoms with E-state index in [1.807, 2.05) is 48.5 Å². The number of fused-ring (bicyclic) bond motifs is 1. The third-order valence-electron chi connectivity index (χ3n) is 5.26. The molecule has 1 aliphatic carbocycles. The molecule has 1 heterocycles. The van der Waals surface area contributed by atoms with E-state index in [9.17, 15) is 9.59 Å². The van der Waals surface area contributed by atoms with E-state index < -0.39 is 0 Å². The lowest BCUT2D eigenvalue weighted by Gasteiger charge is -2.25. The van der Waals surface area contributed by atoms with Gasteiger partial charge >= 0.3 is 5.69 Å². The van der Waals surface area contributed by atoms with Gasteiger partial charge in [-0.3, -0.25) is 13.9 Å². The van der Waals surface area contributed by atoms with Crippen LogP contribution in [-0.2, 0) is 6.54 Å². The molecule has 4 nitrogen and oxygen atoms in total. The number of hydrogen-bond donors (Lipinski definition) is 0. The van der Waals surface area contributed by atoms with Gasteiger partial charge in [0.1, 0.15) is 0 Å². The SMILES string of the molecule is O=c1c2cc(Br)ccc2n(Cc2ccccc2)c(=O)n1C1CCCCC1. The van der Waals surface area contributed by atoms with Crippen LogP contribution in [-0.4, -0.2) is 9.13 Å². The van der Waals surface area contributed by atoms with Crippen LogP contribution in [0, 0.1) is 0 Å². The first-order valence-corrected chi connectivity index (χ1v) is 9.93. The topological polar surface area (TPSA) is 44.0 Å². The predicted molar refractivity (Wildman–Crippen MR) is 108 cm³/mol. The Hall–Kier alpha value is -2.14. The number of benzene rings is 2. The standard InChI is InChI=1S/C21H21BrN2O2/c22-16-11-12-19-18(13-16)20(25)24(17-9-5-2-6-10-17)21(26)23(19)14-15-7-3-1-4-8-15/h1,3-4,7-8,11-13,17H,2,5-6,9-10,14H2. The Kier molecular flexibility index (Phi) is 4.81. The molecule has 0 amide bonds. The van der Waals surface area contributed by atoms with Gasteiger partial charge < -0.3 is 0 Å². The maximum atomic E-state index is 13.3. The molecule has 1 aliphatic rings. The summed E-state index contributed by atoms with van der Waals surface area (Å²) in [4.78, 5) is 26.4. The molecule has 134 valence electrons. The van der Waals surface area contributed by atoms with Crippen molar-refractivity contribution < 1.29 is 0 Å². The van der Waals surface area contributed by atoms with E-state index in [1.54, 1.807) is 4.57 Å². The molecule has 2 aromatic carbocycles. The van der Waals surface area contributed by atoms with Gasteiger partial charge in [-0.25, -0.2) is 4.79 Å². The minimum atomic E-state index is -0.194. The third-order valence-corrected chi connectivity index (χ3v) is 5.75. The molecule has 4 rings (SSSR count). The van der Waals surface area contributed by atoms with Gasteiger partial charge in [0.05, 0.1) is 17.4 Å². The Balaban J connectivity index is 1.96. The molecule has 1 fully saturated rings. The normalized spacial score (nSPS) is 15.4. The van der Waals surface area contributed by atoms with Crippen LogP contribution < -0.4 is 11.2 Å². The minimum absolute atomic E-state index is 0.00848. The van der Waals surface area contributed by atoms with Gasteiger partial charge in [-0.15, -0.1) is 0 Å². The van der Waals surface area contributed by atoms with Crippen LogP contribution in [0.2, 0.25) is 0 Å². The first kappa shape index (κ1) is 17.3. The van der Waals surface area contributed by atoms with Crippen LogP contribution in [0.1, 0.15) is 43.7 Å². The Bertz CT molecular complexity index is 1050. The van der Waals surface area contributed by atoms with Gasteiger partial charge in [-0.1, -0.05) is 65.5 Å². The third kappa shape index (κ3) is 3.16. The first-order chi connectivity index (χ1) is 12.6. The van der Waals surface area contributed by atoms with Gasteiger partial charge in [-0.05, 0) is 36.6 Å². The highest BCUT2D eigenvalue weighted by molar-refractivity contribution is 9.10. The summed E-state index contributed by atoms with van der Waals surface area (Å²) in [6.45, 7) is 0.463. The number of hydrogen-bond acceptors (Lipinski definition) is 2. The maximum Gasteiger partial charge on any atom is 0.332 e. The summed E-state index contributed by atoms with van der Waals surface area (Å²) in [6, 6.07) is 15.5. The molecule has 0 unspecified atom stereocenters. The second-order valence-electron chi connectivity index (χ2n) is 6.98. The van der Waals surface area contributed by atoms with Gasteiger partial charge in [0, 0.05) is 10.5 Å². The van der Waals surface area contributed by atoms with Crippen molar-refractivity contribution in [2.75, 3.05) is 0 Å². The smallest absolute Gasteiger partial charge is 0.289 e. The zero-order valence-corrected chi connectivity index (χ0v) is 16.1. The molecule has 0 spiro atoms. The largest absolute Gasteiger partial charge is 0.332 e. The number of aromatic nitrogens is 2. The average molecular weight is 413 g/mol. The Morgan fingerprint density at radius 2 is 1.69 bits per heavy atom. The molecule has 0 N–H and O–H groups in total. The molecule has 0 radical (unpaired) electrons. The van der Waals surface area contributed by atoms with E-state index in [4.69, 9.17) is 0 Å². The van der Waals surface area contributed by atoms with E-state index in [0.29, 0.717) is 17.4 Å². The van der Waals surface area contributed by atoms with Gasteiger partial charge in [-0.2, -0.15) is 0 Å². The van der Waals surface area contributed by atoms with Crippen molar-refractivity contribution >= 4 is 26.8 Å². The fourth-order valence-corrected chi connectivity index (χ4v) is 4.31. The van der Waals surface area contributed by atoms with Crippen molar-refractivity contribution in [3.8, 4) is 0 Å². The van der Waals surface area contributed by atoms with Gasteiger partial charge in [0.15, 0.2) is 0 Å². The molecule has 1 aromatic heterocycles. The minimum Gasteiger partial charge on any atom is -0.289 e. The highest BCUT2D eigenvalue weighted by Crippen LogP contribution is 2.27. The highest BCUT2D eigenvalue weighted by atomic mass is 79.9. The lowest BCUT2D eigenvalue weighted by molar-refractivity contribution is 0.333. The Morgan fingerprint density at radius 3 is 2.42 bits per heavy atom. The highest BCUT2D eigenvalue weighted by Gasteiger charge is 2.22. The lowest BCUT2D eigenvalue weighted by atomic mass is 9.95. The molecule has 0 bridgehead atoms. The number of rotatable bonds is 3. The summed E-state index contributed by atoms with van der Waals surface area (Å²) in [5.41, 5.74) is 1.38. The summed E-state index contributed by atoms with van der Waals surface area (Å²) in [7, 11) is 0. The van der Waals surface area contributed by atoms with Crippen LogP contribution in [0.5, 0.6) is 0 Å². The van der Waals surface area contributed by atoms with Crippen molar-refractivity contribution in [2.45, 2.75) is 44.7 Å². The quantitative estimate of drug-likeness (QED) is 0.636. The molecular weight excluding hydrogens is 392 g/mol. The summed E-state index contributed by atoms with van der Waals surface area (Å²) < 4.78 is 4.10. The zero-order chi connectivity index (χ0) is 18.1. The summed E-state index contributed by atoms with van der Waals surface area (Å²) in [5.74, 6) is 0. The zero-order valence-electron chi connectivity index (χ0n) is 14.5. The summed E-state index contributed by atoms with van der Waals surface area (Å²) in [6.07, 6.45) is 5.14. The van der Waals surface area contributed by atoms with Crippen LogP contribution in [0.4, 0.5) is 0 Å². The fourth-order valence-electron chi connectivity index (χ4n) is 3.94. The molecule has 0 saturated heterocycles. The monoisotopic (exact) mass is 412 g/mol. The van der Waals surface area contributed by atoms with Crippen LogP contribution in [0.15, 0.2) is 62.6 Å². The van der Waals surface area contributed by atoms with Crippen molar-refractivity contribution in [1.29, 1.82) is 0 Å². The number of halogens is 1. The summed E-state index contributed by atoms with van der Waals surface area (Å²) >= 11 is 3.46. The molecular formula is C21H21BrN2O2. The predicted octanol–water partition coefficient (Wildman–Crippen LogP) is 4.48. The van der Waals surface area contributed by atoms with E-state index in [2.05, 4.69) is 15.9 Å². The maximum absolute atomic E-state index is 13.3. The lowest BCUT2D eigenvalue weighted by Crippen LogP contribution is -2.43. The average Bonchev–Trinajstić information content (AvgIpc) is 2.67. The van der Waals surface area contributed by atoms with Gasteiger partial charge in [0.25, 0.3) is 5.56 Å². The van der Waals surface area contributed by atoms with Gasteiger partial charge in [0.2, 0.25) is 0 Å². The van der Waals surface area contributed by atoms with E-state index in [1.165, 1.54) is 11.0 Å². The first-order valence-electron chi connectivity index (χ1n) is 9.13. The van der Waals surface area contributed by atoms with Crippen molar-refractivity contribution in [2.24, 2.45) is 0 Å². The van der Waals surface area contributed by atoms with E-state index in [0.717, 1.165) is 35.7 Å². The van der Waals surface area contributed by atoms with Crippen LogP contribution >= 0.6 is 15.9 Å². The van der Waals surface area contributed by atoms with Crippen molar-refractivity contribution in [3.05, 3.63) is 79.4 Å². The Labute approximate surface area is 160 Å². The summed E-state index contributed by atoms with van der Waals surface area (Å²) in [5, 5.41) is 0.598. The molecule has 5 heteroatoms. The second kappa shape index (κ2) is 7.23. The van der Waals surface area contributed by atoms with E-state index >= 15 is 0 Å². The molecule has 0 atom stereocenters.